The van der Waals surface area contributed by atoms with E-state index in [1.54, 1.807) is 24.3 Å². The fourth-order valence-electron chi connectivity index (χ4n) is 1.56. The van der Waals surface area contributed by atoms with Crippen molar-refractivity contribution in [3.8, 4) is 5.75 Å². The molecule has 5 heteroatoms. The molecule has 19 heavy (non-hydrogen) atoms. The lowest BCUT2D eigenvalue weighted by Gasteiger charge is -2.10. The molecule has 0 atom stereocenters. The van der Waals surface area contributed by atoms with Crippen molar-refractivity contribution < 1.29 is 14.3 Å². The number of hydrogen-bond donors (Lipinski definition) is 2. The largest absolute Gasteiger partial charge is 0.491 e. The van der Waals surface area contributed by atoms with E-state index in [0.29, 0.717) is 5.69 Å². The van der Waals surface area contributed by atoms with Crippen molar-refractivity contribution in [3.05, 3.63) is 24.3 Å². The van der Waals surface area contributed by atoms with Crippen LogP contribution in [0.15, 0.2) is 24.3 Å². The predicted octanol–water partition coefficient (Wildman–Crippen LogP) is 1.69. The number of carbonyl (C=O) groups is 2. The minimum absolute atomic E-state index is 0.102. The van der Waals surface area contributed by atoms with Gasteiger partial charge >= 0.3 is 11.8 Å². The number of amides is 2. The fourth-order valence-corrected chi connectivity index (χ4v) is 1.56. The molecule has 0 aromatic heterocycles. The number of rotatable bonds is 4. The molecular weight excluding hydrogens is 244 g/mol. The van der Waals surface area contributed by atoms with Crippen molar-refractivity contribution in [2.45, 2.75) is 38.8 Å². The van der Waals surface area contributed by atoms with Gasteiger partial charge in [0.1, 0.15) is 5.75 Å². The lowest BCUT2D eigenvalue weighted by atomic mass is 10.3. The number of carbonyl (C=O) groups excluding carboxylic acids is 2. The number of benzene rings is 1. The summed E-state index contributed by atoms with van der Waals surface area (Å²) in [6.07, 6.45) is 2.02. The van der Waals surface area contributed by atoms with Gasteiger partial charge in [0.15, 0.2) is 0 Å². The van der Waals surface area contributed by atoms with E-state index in [4.69, 9.17) is 4.74 Å². The molecule has 1 aromatic carbocycles. The minimum atomic E-state index is -0.635. The summed E-state index contributed by atoms with van der Waals surface area (Å²) in [5, 5.41) is 5.18. The van der Waals surface area contributed by atoms with Crippen LogP contribution in [0.2, 0.25) is 0 Å². The van der Waals surface area contributed by atoms with Crippen molar-refractivity contribution in [3.63, 3.8) is 0 Å². The molecule has 0 saturated heterocycles. The lowest BCUT2D eigenvalue weighted by molar-refractivity contribution is -0.136. The summed E-state index contributed by atoms with van der Waals surface area (Å²) in [7, 11) is 0. The van der Waals surface area contributed by atoms with E-state index in [0.717, 1.165) is 18.6 Å². The molecule has 2 rings (SSSR count). The zero-order chi connectivity index (χ0) is 13.8. The highest BCUT2D eigenvalue weighted by Crippen LogP contribution is 2.19. The molecule has 5 nitrogen and oxygen atoms in total. The maximum atomic E-state index is 11.6. The molecule has 1 saturated carbocycles. The van der Waals surface area contributed by atoms with Gasteiger partial charge in [0, 0.05) is 11.7 Å². The van der Waals surface area contributed by atoms with E-state index in [-0.39, 0.29) is 12.1 Å². The first-order valence-electron chi connectivity index (χ1n) is 6.43. The first-order valence-corrected chi connectivity index (χ1v) is 6.43. The van der Waals surface area contributed by atoms with E-state index < -0.39 is 11.8 Å². The third-order valence-corrected chi connectivity index (χ3v) is 2.60. The van der Waals surface area contributed by atoms with E-state index in [1.165, 1.54) is 0 Å². The van der Waals surface area contributed by atoms with Gasteiger partial charge in [-0.2, -0.15) is 0 Å². The highest BCUT2D eigenvalue weighted by molar-refractivity contribution is 6.39. The van der Waals surface area contributed by atoms with Crippen LogP contribution in [0.5, 0.6) is 5.75 Å². The zero-order valence-corrected chi connectivity index (χ0v) is 11.1. The van der Waals surface area contributed by atoms with Crippen LogP contribution in [0, 0.1) is 0 Å². The van der Waals surface area contributed by atoms with E-state index in [2.05, 4.69) is 10.6 Å². The Morgan fingerprint density at radius 2 is 1.79 bits per heavy atom. The van der Waals surface area contributed by atoms with Crippen LogP contribution in [-0.4, -0.2) is 24.0 Å². The van der Waals surface area contributed by atoms with Crippen molar-refractivity contribution in [2.24, 2.45) is 0 Å². The third kappa shape index (κ3) is 4.28. The van der Waals surface area contributed by atoms with Crippen LogP contribution >= 0.6 is 0 Å². The smallest absolute Gasteiger partial charge is 0.313 e. The second-order valence-corrected chi connectivity index (χ2v) is 4.89. The van der Waals surface area contributed by atoms with Gasteiger partial charge in [-0.05, 0) is 51.0 Å². The Labute approximate surface area is 112 Å². The molecule has 2 N–H and O–H groups in total. The van der Waals surface area contributed by atoms with Crippen molar-refractivity contribution in [2.75, 3.05) is 5.32 Å². The molecule has 102 valence electrons. The summed E-state index contributed by atoms with van der Waals surface area (Å²) in [6.45, 7) is 3.88. The monoisotopic (exact) mass is 262 g/mol. The molecule has 0 bridgehead atoms. The van der Waals surface area contributed by atoms with Crippen molar-refractivity contribution in [1.29, 1.82) is 0 Å². The number of ether oxygens (including phenoxy) is 1. The van der Waals surface area contributed by atoms with Crippen LogP contribution in [0.4, 0.5) is 5.69 Å². The average molecular weight is 262 g/mol. The average Bonchev–Trinajstić information content (AvgIpc) is 3.14. The van der Waals surface area contributed by atoms with Crippen molar-refractivity contribution >= 4 is 17.5 Å². The normalized spacial score (nSPS) is 14.1. The van der Waals surface area contributed by atoms with E-state index >= 15 is 0 Å². The van der Waals surface area contributed by atoms with E-state index in [9.17, 15) is 9.59 Å². The molecule has 1 aliphatic rings. The molecule has 0 radical (unpaired) electrons. The summed E-state index contributed by atoms with van der Waals surface area (Å²) in [4.78, 5) is 23.0. The topological polar surface area (TPSA) is 67.4 Å². The summed E-state index contributed by atoms with van der Waals surface area (Å²) in [6, 6.07) is 7.11. The van der Waals surface area contributed by atoms with Crippen molar-refractivity contribution in [1.82, 2.24) is 5.32 Å². The lowest BCUT2D eigenvalue weighted by Crippen LogP contribution is -2.36. The molecule has 0 heterocycles. The van der Waals surface area contributed by atoms with Gasteiger partial charge in [0.2, 0.25) is 0 Å². The zero-order valence-electron chi connectivity index (χ0n) is 11.1. The van der Waals surface area contributed by atoms with Crippen LogP contribution in [-0.2, 0) is 9.59 Å². The number of anilines is 1. The predicted molar refractivity (Wildman–Crippen MR) is 72.0 cm³/mol. The third-order valence-electron chi connectivity index (χ3n) is 2.60. The molecule has 0 unspecified atom stereocenters. The highest BCUT2D eigenvalue weighted by Gasteiger charge is 2.26. The van der Waals surface area contributed by atoms with Crippen LogP contribution < -0.4 is 15.4 Å². The number of hydrogen-bond acceptors (Lipinski definition) is 3. The van der Waals surface area contributed by atoms with Crippen LogP contribution in [0.3, 0.4) is 0 Å². The summed E-state index contributed by atoms with van der Waals surface area (Å²) < 4.78 is 5.49. The maximum absolute atomic E-state index is 11.6. The quantitative estimate of drug-likeness (QED) is 0.811. The standard InChI is InChI=1S/C14H18N2O3/c1-9(2)19-12-7-5-11(6-8-12)16-14(18)13(17)15-10-3-4-10/h5-10H,3-4H2,1-2H3,(H,15,17)(H,16,18). The first-order chi connectivity index (χ1) is 9.04. The Kier molecular flexibility index (Phi) is 4.04. The van der Waals surface area contributed by atoms with Gasteiger partial charge in [0.25, 0.3) is 0 Å². The molecule has 1 fully saturated rings. The van der Waals surface area contributed by atoms with Gasteiger partial charge in [-0.25, -0.2) is 0 Å². The van der Waals surface area contributed by atoms with Gasteiger partial charge < -0.3 is 15.4 Å². The molecule has 1 aromatic rings. The SMILES string of the molecule is CC(C)Oc1ccc(NC(=O)C(=O)NC2CC2)cc1. The number of nitrogens with one attached hydrogen (secondary N) is 2. The Hall–Kier alpha value is -2.04. The Morgan fingerprint density at radius 3 is 2.32 bits per heavy atom. The van der Waals surface area contributed by atoms with Gasteiger partial charge in [-0.15, -0.1) is 0 Å². The Balaban J connectivity index is 1.87. The molecule has 0 aliphatic heterocycles. The van der Waals surface area contributed by atoms with Crippen LogP contribution in [0.1, 0.15) is 26.7 Å². The van der Waals surface area contributed by atoms with Gasteiger partial charge in [-0.3, -0.25) is 9.59 Å². The van der Waals surface area contributed by atoms with Gasteiger partial charge in [-0.1, -0.05) is 0 Å². The Bertz CT molecular complexity index is 464. The minimum Gasteiger partial charge on any atom is -0.491 e. The first kappa shape index (κ1) is 13.4. The Morgan fingerprint density at radius 1 is 1.16 bits per heavy atom. The molecular formula is C14H18N2O3. The maximum Gasteiger partial charge on any atom is 0.313 e. The molecule has 1 aliphatic carbocycles. The molecule has 2 amide bonds. The van der Waals surface area contributed by atoms with E-state index in [1.807, 2.05) is 13.8 Å². The fraction of sp³-hybridized carbons (Fsp3) is 0.429. The molecule has 0 spiro atoms. The second-order valence-electron chi connectivity index (χ2n) is 4.89. The second kappa shape index (κ2) is 5.73. The van der Waals surface area contributed by atoms with Crippen LogP contribution in [0.25, 0.3) is 0 Å². The highest BCUT2D eigenvalue weighted by atomic mass is 16.5. The summed E-state index contributed by atoms with van der Waals surface area (Å²) >= 11 is 0. The summed E-state index contributed by atoms with van der Waals surface area (Å²) in [5.74, 6) is -0.482. The summed E-state index contributed by atoms with van der Waals surface area (Å²) in [5.41, 5.74) is 0.576. The van der Waals surface area contributed by atoms with Gasteiger partial charge in [0.05, 0.1) is 6.10 Å².